The monoisotopic (exact) mass is 705 g/mol. The van der Waals surface area contributed by atoms with Crippen molar-refractivity contribution in [1.82, 2.24) is 29.8 Å². The van der Waals surface area contributed by atoms with Gasteiger partial charge in [0.1, 0.15) is 5.69 Å². The van der Waals surface area contributed by atoms with Crippen molar-refractivity contribution in [3.63, 3.8) is 0 Å². The molecule has 5 aromatic rings. The van der Waals surface area contributed by atoms with E-state index in [1.807, 2.05) is 25.5 Å². The molecule has 0 bridgehead atoms. The van der Waals surface area contributed by atoms with Crippen LogP contribution in [0, 0.1) is 41.1 Å². The molecule has 0 radical (unpaired) electrons. The SMILES string of the molecule is CCN(C(=O)c1cnn(C(C)C2(C#N)CC2)c1C)c1ccnnc1.Cn1cc(C(=O)Nc2ccccc2-c2cc(F)c(F)c(F)c2)c(C(F)F)n1. The third kappa shape index (κ3) is 7.47. The van der Waals surface area contributed by atoms with Crippen LogP contribution in [0.5, 0.6) is 0 Å². The zero-order chi connectivity index (χ0) is 37.0. The molecule has 1 unspecified atom stereocenters. The lowest BCUT2D eigenvalue weighted by molar-refractivity contribution is 0.0985. The van der Waals surface area contributed by atoms with Gasteiger partial charge in [0.25, 0.3) is 18.2 Å². The van der Waals surface area contributed by atoms with Crippen molar-refractivity contribution in [1.29, 1.82) is 5.26 Å². The molecule has 1 fully saturated rings. The molecule has 6 rings (SSSR count). The molecule has 51 heavy (non-hydrogen) atoms. The van der Waals surface area contributed by atoms with Crippen molar-refractivity contribution in [2.24, 2.45) is 12.5 Å². The molecule has 0 spiro atoms. The molecule has 1 atom stereocenters. The van der Waals surface area contributed by atoms with Gasteiger partial charge in [-0.15, -0.1) is 0 Å². The number of anilines is 2. The van der Waals surface area contributed by atoms with E-state index in [4.69, 9.17) is 0 Å². The van der Waals surface area contributed by atoms with E-state index in [-0.39, 0.29) is 39.7 Å². The standard InChI is InChI=1S/C18H12F5N3O.C17H20N6O/c1-26-8-11(16(25-26)17(22)23)18(27)24-14-5-3-2-4-10(14)9-6-12(19)15(21)13(20)7-9;1-4-22(14-5-8-19-20-9-14)16(24)15-10-21-23(12(15)2)13(3)17(11-18)6-7-17/h2-8,17H,1H3,(H,24,27);5,8-10,13H,4,6-7H2,1-3H3. The second-order valence-electron chi connectivity index (χ2n) is 11.8. The number of aryl methyl sites for hydroxylation is 1. The van der Waals surface area contributed by atoms with Crippen LogP contribution in [0.1, 0.15) is 71.3 Å². The predicted molar refractivity (Wildman–Crippen MR) is 176 cm³/mol. The lowest BCUT2D eigenvalue weighted by atomic mass is 10.00. The van der Waals surface area contributed by atoms with E-state index in [1.165, 1.54) is 25.2 Å². The summed E-state index contributed by atoms with van der Waals surface area (Å²) in [6.07, 6.45) is 4.68. The highest BCUT2D eigenvalue weighted by atomic mass is 19.3. The van der Waals surface area contributed by atoms with Gasteiger partial charge in [0.15, 0.2) is 17.5 Å². The van der Waals surface area contributed by atoms with Gasteiger partial charge >= 0.3 is 0 Å². The fourth-order valence-corrected chi connectivity index (χ4v) is 5.63. The summed E-state index contributed by atoms with van der Waals surface area (Å²) in [5, 5.41) is 27.3. The number of halogens is 5. The first-order chi connectivity index (χ1) is 24.3. The highest BCUT2D eigenvalue weighted by Crippen LogP contribution is 2.53. The maximum Gasteiger partial charge on any atom is 0.282 e. The maximum absolute atomic E-state index is 13.5. The molecule has 2 amide bonds. The van der Waals surface area contributed by atoms with Gasteiger partial charge in [-0.1, -0.05) is 18.2 Å². The molecule has 1 aliphatic rings. The smallest absolute Gasteiger partial charge is 0.282 e. The maximum atomic E-state index is 13.5. The Labute approximate surface area is 289 Å². The van der Waals surface area contributed by atoms with E-state index in [2.05, 4.69) is 31.8 Å². The molecule has 1 N–H and O–H groups in total. The number of benzene rings is 2. The summed E-state index contributed by atoms with van der Waals surface area (Å²) >= 11 is 0. The molecule has 2 aromatic carbocycles. The van der Waals surface area contributed by atoms with E-state index in [0.29, 0.717) is 17.8 Å². The van der Waals surface area contributed by atoms with Crippen molar-refractivity contribution in [2.75, 3.05) is 16.8 Å². The third-order valence-corrected chi connectivity index (χ3v) is 8.67. The van der Waals surface area contributed by atoms with Crippen molar-refractivity contribution in [2.45, 2.75) is 46.1 Å². The first-order valence-corrected chi connectivity index (χ1v) is 15.7. The zero-order valence-electron chi connectivity index (χ0n) is 27.9. The number of rotatable bonds is 9. The normalized spacial score (nSPS) is 13.5. The van der Waals surface area contributed by atoms with Gasteiger partial charge in [0.2, 0.25) is 0 Å². The molecule has 16 heteroatoms. The Morgan fingerprint density at radius 2 is 1.75 bits per heavy atom. The Kier molecular flexibility index (Phi) is 10.6. The number of para-hydroxylation sites is 1. The van der Waals surface area contributed by atoms with Crippen LogP contribution in [0.4, 0.5) is 33.3 Å². The van der Waals surface area contributed by atoms with E-state index in [9.17, 15) is 36.8 Å². The Hall–Kier alpha value is -5.98. The molecule has 1 aliphatic carbocycles. The quantitative estimate of drug-likeness (QED) is 0.127. The van der Waals surface area contributed by atoms with Crippen LogP contribution in [-0.4, -0.2) is 48.1 Å². The topological polar surface area (TPSA) is 135 Å². The van der Waals surface area contributed by atoms with Gasteiger partial charge in [0.05, 0.1) is 52.9 Å². The molecular formula is C35H32F5N9O2. The van der Waals surface area contributed by atoms with Crippen LogP contribution in [0.15, 0.2) is 67.3 Å². The molecule has 1 saturated carbocycles. The van der Waals surface area contributed by atoms with Crippen molar-refractivity contribution >= 4 is 23.2 Å². The first-order valence-electron chi connectivity index (χ1n) is 15.7. The van der Waals surface area contributed by atoms with Crippen molar-refractivity contribution in [3.05, 3.63) is 107 Å². The second kappa shape index (κ2) is 14.9. The average Bonchev–Trinajstić information content (AvgIpc) is 3.68. The molecular weight excluding hydrogens is 673 g/mol. The highest BCUT2D eigenvalue weighted by Gasteiger charge is 2.50. The summed E-state index contributed by atoms with van der Waals surface area (Å²) in [4.78, 5) is 27.0. The molecule has 264 valence electrons. The van der Waals surface area contributed by atoms with E-state index in [1.54, 1.807) is 35.6 Å². The Balaban J connectivity index is 0.000000199. The summed E-state index contributed by atoms with van der Waals surface area (Å²) in [5.74, 6) is -5.38. The van der Waals surface area contributed by atoms with E-state index < -0.39 is 35.5 Å². The minimum absolute atomic E-state index is 0.0254. The lowest BCUT2D eigenvalue weighted by Crippen LogP contribution is -2.31. The number of nitrogens with zero attached hydrogens (tertiary/aromatic N) is 8. The number of carbonyl (C=O) groups excluding carboxylic acids is 2. The highest BCUT2D eigenvalue weighted by molar-refractivity contribution is 6.07. The Morgan fingerprint density at radius 3 is 2.33 bits per heavy atom. The van der Waals surface area contributed by atoms with Gasteiger partial charge < -0.3 is 10.2 Å². The molecule has 0 saturated heterocycles. The second-order valence-corrected chi connectivity index (χ2v) is 11.8. The minimum Gasteiger partial charge on any atom is -0.321 e. The lowest BCUT2D eigenvalue weighted by Gasteiger charge is -2.21. The van der Waals surface area contributed by atoms with Crippen LogP contribution in [0.2, 0.25) is 0 Å². The fraction of sp³-hybridized carbons (Fsp3) is 0.286. The number of alkyl halides is 2. The predicted octanol–water partition coefficient (Wildman–Crippen LogP) is 7.21. The van der Waals surface area contributed by atoms with Crippen molar-refractivity contribution < 1.29 is 31.5 Å². The van der Waals surface area contributed by atoms with Crippen LogP contribution < -0.4 is 10.2 Å². The van der Waals surface area contributed by atoms with Crippen LogP contribution in [-0.2, 0) is 7.05 Å². The number of nitrogens with one attached hydrogen (secondary N) is 1. The van der Waals surface area contributed by atoms with Crippen LogP contribution in [0.3, 0.4) is 0 Å². The number of hydrogen-bond acceptors (Lipinski definition) is 7. The molecule has 3 aromatic heterocycles. The number of amides is 2. The molecule has 3 heterocycles. The fourth-order valence-electron chi connectivity index (χ4n) is 5.63. The summed E-state index contributed by atoms with van der Waals surface area (Å²) in [6, 6.07) is 11.6. The van der Waals surface area contributed by atoms with Gasteiger partial charge in [-0.05, 0) is 63.4 Å². The number of hydrogen-bond donors (Lipinski definition) is 1. The summed E-state index contributed by atoms with van der Waals surface area (Å²) in [7, 11) is 1.39. The first kappa shape index (κ1) is 36.3. The van der Waals surface area contributed by atoms with E-state index >= 15 is 0 Å². The van der Waals surface area contributed by atoms with Crippen LogP contribution >= 0.6 is 0 Å². The van der Waals surface area contributed by atoms with Crippen molar-refractivity contribution in [3.8, 4) is 17.2 Å². The molecule has 0 aliphatic heterocycles. The third-order valence-electron chi connectivity index (χ3n) is 8.67. The summed E-state index contributed by atoms with van der Waals surface area (Å²) < 4.78 is 69.2. The number of nitriles is 1. The van der Waals surface area contributed by atoms with E-state index in [0.717, 1.165) is 41.5 Å². The molecule has 11 nitrogen and oxygen atoms in total. The number of aromatic nitrogens is 6. The van der Waals surface area contributed by atoms with Gasteiger partial charge in [-0.2, -0.15) is 25.7 Å². The van der Waals surface area contributed by atoms with Gasteiger partial charge in [0, 0.05) is 36.7 Å². The average molecular weight is 706 g/mol. The number of carbonyl (C=O) groups is 2. The zero-order valence-corrected chi connectivity index (χ0v) is 27.9. The summed E-state index contributed by atoms with van der Waals surface area (Å²) in [6.45, 7) is 6.31. The summed E-state index contributed by atoms with van der Waals surface area (Å²) in [5.41, 5.74) is 0.948. The Morgan fingerprint density at radius 1 is 1.06 bits per heavy atom. The minimum atomic E-state index is -2.96. The largest absolute Gasteiger partial charge is 0.321 e. The van der Waals surface area contributed by atoms with Gasteiger partial charge in [-0.25, -0.2) is 22.0 Å². The van der Waals surface area contributed by atoms with Crippen LogP contribution in [0.25, 0.3) is 11.1 Å². The Bertz CT molecular complexity index is 2080. The van der Waals surface area contributed by atoms with Gasteiger partial charge in [-0.3, -0.25) is 19.0 Å².